The zero-order valence-corrected chi connectivity index (χ0v) is 21.5. The van der Waals surface area contributed by atoms with Crippen molar-refractivity contribution in [3.05, 3.63) is 39.3 Å². The van der Waals surface area contributed by atoms with Crippen LogP contribution in [0.15, 0.2) is 22.2 Å². The van der Waals surface area contributed by atoms with E-state index >= 15 is 0 Å². The van der Waals surface area contributed by atoms with Gasteiger partial charge in [0.15, 0.2) is 0 Å². The van der Waals surface area contributed by atoms with Gasteiger partial charge in [-0.05, 0) is 0 Å². The fourth-order valence-corrected chi connectivity index (χ4v) is 5.90. The molecule has 0 spiro atoms. The molecule has 3 aromatic heterocycles. The molecular formula is C19H28BN8O9P. The molecule has 0 aliphatic carbocycles. The van der Waals surface area contributed by atoms with E-state index in [2.05, 4.69) is 24.9 Å². The molecule has 2 aliphatic heterocycles. The number of hydrogen-bond acceptors (Lipinski definition) is 14. The summed E-state index contributed by atoms with van der Waals surface area (Å²) >= 11 is 0. The maximum atomic E-state index is 12.1. The number of ether oxygens (including phenoxy) is 2. The Kier molecular flexibility index (Phi) is 7.32. The number of nitrogens with one attached hydrogen (secondary N) is 1. The topological polar surface area (TPSA) is 235 Å². The second kappa shape index (κ2) is 10.4. The molecule has 17 nitrogen and oxygen atoms in total. The van der Waals surface area contributed by atoms with Crippen LogP contribution in [-0.2, 0) is 18.5 Å². The molecule has 5 rings (SSSR count). The van der Waals surface area contributed by atoms with E-state index in [4.69, 9.17) is 24.3 Å². The van der Waals surface area contributed by atoms with Gasteiger partial charge in [0, 0.05) is 0 Å². The zero-order chi connectivity index (χ0) is 27.2. The van der Waals surface area contributed by atoms with Gasteiger partial charge in [0.25, 0.3) is 0 Å². The van der Waals surface area contributed by atoms with E-state index in [0.29, 0.717) is 11.5 Å². The number of anilines is 1. The molecule has 2 fully saturated rings. The molecule has 2 saturated heterocycles. The monoisotopic (exact) mass is 554 g/mol. The fraction of sp³-hybridized carbons (Fsp3) is 0.579. The first-order valence-corrected chi connectivity index (χ1v) is 14.1. The van der Waals surface area contributed by atoms with Crippen LogP contribution in [0.3, 0.4) is 0 Å². The van der Waals surface area contributed by atoms with Crippen molar-refractivity contribution >= 4 is 32.5 Å². The summed E-state index contributed by atoms with van der Waals surface area (Å²) in [5, 5.41) is 20.3. The summed E-state index contributed by atoms with van der Waals surface area (Å²) in [7, 11) is -2.44. The Bertz CT molecular complexity index is 1430. The molecule has 2 unspecified atom stereocenters. The van der Waals surface area contributed by atoms with Crippen LogP contribution in [0.25, 0.3) is 11.2 Å². The van der Waals surface area contributed by atoms with Crippen LogP contribution in [0.5, 0.6) is 0 Å². The second-order valence-corrected chi connectivity index (χ2v) is 11.5. The van der Waals surface area contributed by atoms with Crippen LogP contribution in [0.1, 0.15) is 31.1 Å². The SMILES string of the molecule is B[PH](O)(OC[C@H]1O[C@@H](n2cnc3c(=O)[nH]c(C)nc32)CC1O)OC1C[C@H](n2cnc(N)nc2=O)O[C@@H]1CO. The molecule has 19 heteroatoms. The number of fused-ring (bicyclic) bond motifs is 1. The standard InChI is InChI=1S/C19H28BN8O9P/c1-8-24-16-15(17(31)25-8)22-6-27(16)13-2-9(30)12(36-13)5-34-38(20,33)37-10-3-14(35-11(10)4-29)28-7-23-18(21)26-19(28)32/h6-7,9-14,29-30,33,38H,2-5,20H2,1H3,(H2,21,26,32)(H,24,25,31)/t9?,10?,11-,12-,13-,14-/m1/s1. The van der Waals surface area contributed by atoms with Crippen molar-refractivity contribution in [3.63, 3.8) is 0 Å². The number of hydrogen-bond donors (Lipinski definition) is 5. The molecule has 0 bridgehead atoms. The fourth-order valence-electron chi connectivity index (χ4n) is 4.55. The summed E-state index contributed by atoms with van der Waals surface area (Å²) in [5.41, 5.74) is 4.85. The summed E-state index contributed by atoms with van der Waals surface area (Å²) in [4.78, 5) is 53.5. The quantitative estimate of drug-likeness (QED) is 0.138. The van der Waals surface area contributed by atoms with Crippen molar-refractivity contribution in [3.8, 4) is 0 Å². The van der Waals surface area contributed by atoms with Gasteiger partial charge in [0.05, 0.1) is 0 Å². The number of nitrogens with zero attached hydrogens (tertiary/aromatic N) is 6. The number of imidazole rings is 1. The molecule has 0 amide bonds. The van der Waals surface area contributed by atoms with Crippen molar-refractivity contribution < 1.29 is 33.6 Å². The molecule has 38 heavy (non-hydrogen) atoms. The Morgan fingerprint density at radius 3 is 2.63 bits per heavy atom. The Morgan fingerprint density at radius 1 is 1.18 bits per heavy atom. The third kappa shape index (κ3) is 5.34. The minimum atomic E-state index is -3.82. The van der Waals surface area contributed by atoms with Gasteiger partial charge in [0.2, 0.25) is 0 Å². The predicted octanol–water partition coefficient (Wildman–Crippen LogP) is -2.97. The summed E-state index contributed by atoms with van der Waals surface area (Å²) in [5.74, 6) is 0.231. The van der Waals surface area contributed by atoms with Gasteiger partial charge < -0.3 is 0 Å². The number of nitrogen functional groups attached to an aromatic ring is 1. The first-order valence-electron chi connectivity index (χ1n) is 11.8. The molecule has 6 N–H and O–H groups in total. The average molecular weight is 554 g/mol. The first kappa shape index (κ1) is 26.8. The number of aliphatic hydroxyl groups excluding tert-OH is 2. The van der Waals surface area contributed by atoms with Crippen molar-refractivity contribution in [2.45, 2.75) is 56.6 Å². The first-order chi connectivity index (χ1) is 18.0. The van der Waals surface area contributed by atoms with Crippen LogP contribution in [0, 0.1) is 6.92 Å². The Hall–Kier alpha value is -2.83. The van der Waals surface area contributed by atoms with Crippen molar-refractivity contribution in [2.24, 2.45) is 0 Å². The van der Waals surface area contributed by atoms with Crippen LogP contribution in [-0.4, -0.2) is 94.4 Å². The van der Waals surface area contributed by atoms with Crippen LogP contribution < -0.4 is 17.0 Å². The van der Waals surface area contributed by atoms with Crippen molar-refractivity contribution in [1.29, 1.82) is 0 Å². The molecule has 206 valence electrons. The Balaban J connectivity index is 1.21. The van der Waals surface area contributed by atoms with Crippen LogP contribution >= 0.6 is 7.82 Å². The number of rotatable bonds is 8. The second-order valence-electron chi connectivity index (χ2n) is 9.22. The average Bonchev–Trinajstić information content (AvgIpc) is 3.54. The predicted molar refractivity (Wildman–Crippen MR) is 134 cm³/mol. The van der Waals surface area contributed by atoms with Gasteiger partial charge in [0.1, 0.15) is 0 Å². The number of nitrogens with two attached hydrogens (primary N) is 1. The van der Waals surface area contributed by atoms with E-state index < -0.39 is 57.0 Å². The molecule has 5 heterocycles. The van der Waals surface area contributed by atoms with E-state index in [-0.39, 0.29) is 36.5 Å². The molecule has 0 aromatic carbocycles. The molecular weight excluding hydrogens is 526 g/mol. The Morgan fingerprint density at radius 2 is 1.89 bits per heavy atom. The van der Waals surface area contributed by atoms with E-state index in [1.165, 1.54) is 20.2 Å². The van der Waals surface area contributed by atoms with Crippen LogP contribution in [0.2, 0.25) is 0 Å². The van der Waals surface area contributed by atoms with Gasteiger partial charge in [-0.1, -0.05) is 0 Å². The van der Waals surface area contributed by atoms with Crippen molar-refractivity contribution in [1.82, 2.24) is 34.1 Å². The van der Waals surface area contributed by atoms with Gasteiger partial charge in [-0.25, -0.2) is 0 Å². The number of aryl methyl sites for hydroxylation is 1. The van der Waals surface area contributed by atoms with Gasteiger partial charge in [-0.3, -0.25) is 0 Å². The zero-order valence-electron chi connectivity index (χ0n) is 20.5. The molecule has 6 atom stereocenters. The molecule has 2 aliphatic rings. The van der Waals surface area contributed by atoms with Crippen molar-refractivity contribution in [2.75, 3.05) is 18.9 Å². The summed E-state index contributed by atoms with van der Waals surface area (Å²) in [6.07, 6.45) is -2.01. The van der Waals surface area contributed by atoms with E-state index in [1.807, 2.05) is 0 Å². The third-order valence-electron chi connectivity index (χ3n) is 6.37. The normalized spacial score (nSPS) is 28.3. The molecule has 0 radical (unpaired) electrons. The number of aromatic nitrogens is 7. The van der Waals surface area contributed by atoms with Crippen LogP contribution in [0.4, 0.5) is 5.95 Å². The summed E-state index contributed by atoms with van der Waals surface area (Å²) in [6, 6.07) is 0. The molecule has 3 aromatic rings. The van der Waals surface area contributed by atoms with E-state index in [0.717, 1.165) is 4.57 Å². The third-order valence-corrected chi connectivity index (χ3v) is 7.81. The number of aromatic amines is 1. The van der Waals surface area contributed by atoms with Gasteiger partial charge in [-0.2, -0.15) is 0 Å². The van der Waals surface area contributed by atoms with E-state index in [9.17, 15) is 24.7 Å². The van der Waals surface area contributed by atoms with E-state index in [1.54, 1.807) is 11.5 Å². The number of aliphatic hydroxyl groups is 2. The molecule has 0 saturated carbocycles. The van der Waals surface area contributed by atoms with Gasteiger partial charge >= 0.3 is 215 Å². The minimum absolute atomic E-state index is 0.106. The summed E-state index contributed by atoms with van der Waals surface area (Å²) < 4.78 is 25.8. The maximum absolute atomic E-state index is 12.1. The van der Waals surface area contributed by atoms with Gasteiger partial charge in [-0.15, -0.1) is 0 Å². The number of H-pyrrole nitrogens is 1. The summed E-state index contributed by atoms with van der Waals surface area (Å²) in [6.45, 7) is 1.02. The Labute approximate surface area is 215 Å².